The zero-order valence-corrected chi connectivity index (χ0v) is 22.5. The molecule has 2 atom stereocenters. The lowest BCUT2D eigenvalue weighted by atomic mass is 10.1. The normalized spacial score (nSPS) is 16.2. The summed E-state index contributed by atoms with van der Waals surface area (Å²) in [5.41, 5.74) is 3.23. The fourth-order valence-electron chi connectivity index (χ4n) is 4.59. The number of rotatable bonds is 8. The average molecular weight is 558 g/mol. The Bertz CT molecular complexity index is 1720. The number of aromatic nitrogens is 2. The van der Waals surface area contributed by atoms with Crippen molar-refractivity contribution in [2.75, 3.05) is 13.7 Å². The van der Waals surface area contributed by atoms with Crippen LogP contribution in [0.3, 0.4) is 0 Å². The van der Waals surface area contributed by atoms with E-state index in [9.17, 15) is 9.59 Å². The van der Waals surface area contributed by atoms with E-state index < -0.39 is 0 Å². The maximum Gasteiger partial charge on any atom is 0.275 e. The van der Waals surface area contributed by atoms with E-state index in [0.29, 0.717) is 38.3 Å². The van der Waals surface area contributed by atoms with Crippen molar-refractivity contribution in [1.29, 1.82) is 0 Å². The number of halogens is 1. The first-order valence-corrected chi connectivity index (χ1v) is 13.6. The number of ether oxygens (including phenoxy) is 2. The van der Waals surface area contributed by atoms with Gasteiger partial charge in [0.2, 0.25) is 0 Å². The molecule has 0 aliphatic heterocycles. The number of thiophene rings is 1. The summed E-state index contributed by atoms with van der Waals surface area (Å²) < 4.78 is 13.3. The molecule has 2 heterocycles. The first-order valence-electron chi connectivity index (χ1n) is 12.4. The lowest BCUT2D eigenvalue weighted by Gasteiger charge is -2.13. The summed E-state index contributed by atoms with van der Waals surface area (Å²) in [5, 5.41) is 3.68. The Morgan fingerprint density at radius 2 is 1.87 bits per heavy atom. The van der Waals surface area contributed by atoms with Gasteiger partial charge in [0.1, 0.15) is 11.0 Å². The lowest BCUT2D eigenvalue weighted by Crippen LogP contribution is -2.31. The van der Waals surface area contributed by atoms with E-state index in [1.165, 1.54) is 34.9 Å². The number of hydrogen-bond donors (Lipinski definition) is 1. The molecule has 1 fully saturated rings. The summed E-state index contributed by atoms with van der Waals surface area (Å²) in [4.78, 5) is 31.3. The van der Waals surface area contributed by atoms with Crippen molar-refractivity contribution in [2.45, 2.75) is 18.4 Å². The number of carbonyl (C=O) groups excluding carboxylic acids is 1. The van der Waals surface area contributed by atoms with E-state index in [2.05, 4.69) is 22.4 Å². The van der Waals surface area contributed by atoms with Gasteiger partial charge in [0, 0.05) is 27.9 Å². The third-order valence-electron chi connectivity index (χ3n) is 6.72. The minimum Gasteiger partial charge on any atom is -0.493 e. The SMILES string of the molecule is COc1cc(-n2cnc3cc(-c4ccc(Cl)cc4)sc3c2=O)ccc1OCC(=O)N[C@H]1CC1c1ccccc1. The van der Waals surface area contributed by atoms with Gasteiger partial charge in [0.25, 0.3) is 11.5 Å². The number of benzene rings is 3. The fourth-order valence-corrected chi connectivity index (χ4v) is 5.77. The zero-order chi connectivity index (χ0) is 26.9. The molecule has 3 aromatic carbocycles. The van der Waals surface area contributed by atoms with Crippen LogP contribution in [0.5, 0.6) is 11.5 Å². The van der Waals surface area contributed by atoms with Crippen molar-refractivity contribution in [2.24, 2.45) is 0 Å². The van der Waals surface area contributed by atoms with E-state index in [1.54, 1.807) is 18.2 Å². The van der Waals surface area contributed by atoms with Crippen LogP contribution in [0.4, 0.5) is 0 Å². The topological polar surface area (TPSA) is 82.5 Å². The highest BCUT2D eigenvalue weighted by molar-refractivity contribution is 7.22. The quantitative estimate of drug-likeness (QED) is 0.260. The van der Waals surface area contributed by atoms with Gasteiger partial charge in [-0.1, -0.05) is 54.1 Å². The minimum atomic E-state index is -0.190. The van der Waals surface area contributed by atoms with Crippen LogP contribution in [0.15, 0.2) is 90.0 Å². The van der Waals surface area contributed by atoms with E-state index in [4.69, 9.17) is 21.1 Å². The zero-order valence-electron chi connectivity index (χ0n) is 21.0. The summed E-state index contributed by atoms with van der Waals surface area (Å²) in [6.45, 7) is -0.135. The van der Waals surface area contributed by atoms with Gasteiger partial charge in [-0.3, -0.25) is 14.2 Å². The van der Waals surface area contributed by atoms with Crippen LogP contribution in [0.1, 0.15) is 17.9 Å². The second-order valence-corrected chi connectivity index (χ2v) is 10.8. The number of amides is 1. The van der Waals surface area contributed by atoms with Crippen LogP contribution in [0.2, 0.25) is 5.02 Å². The molecule has 5 aromatic rings. The monoisotopic (exact) mass is 557 g/mol. The highest BCUT2D eigenvalue weighted by Crippen LogP contribution is 2.40. The molecule has 1 amide bonds. The van der Waals surface area contributed by atoms with Crippen molar-refractivity contribution in [1.82, 2.24) is 14.9 Å². The molecule has 1 saturated carbocycles. The number of nitrogens with zero attached hydrogens (tertiary/aromatic N) is 2. The van der Waals surface area contributed by atoms with Crippen LogP contribution < -0.4 is 20.3 Å². The van der Waals surface area contributed by atoms with Crippen molar-refractivity contribution in [3.63, 3.8) is 0 Å². The molecule has 196 valence electrons. The second-order valence-electron chi connectivity index (χ2n) is 9.30. The van der Waals surface area contributed by atoms with Gasteiger partial charge in [0.15, 0.2) is 18.1 Å². The summed E-state index contributed by atoms with van der Waals surface area (Å²) in [7, 11) is 1.52. The van der Waals surface area contributed by atoms with E-state index in [1.807, 2.05) is 48.5 Å². The van der Waals surface area contributed by atoms with Gasteiger partial charge in [-0.05, 0) is 47.9 Å². The Balaban J connectivity index is 1.16. The number of hydrogen-bond acceptors (Lipinski definition) is 6. The van der Waals surface area contributed by atoms with Crippen LogP contribution in [0.25, 0.3) is 26.3 Å². The first kappa shape index (κ1) is 25.2. The van der Waals surface area contributed by atoms with Crippen LogP contribution in [-0.2, 0) is 4.79 Å². The minimum absolute atomic E-state index is 0.125. The Hall–Kier alpha value is -4.14. The van der Waals surface area contributed by atoms with E-state index in [0.717, 1.165) is 16.9 Å². The van der Waals surface area contributed by atoms with E-state index in [-0.39, 0.29) is 24.1 Å². The largest absolute Gasteiger partial charge is 0.493 e. The van der Waals surface area contributed by atoms with E-state index >= 15 is 0 Å². The number of fused-ring (bicyclic) bond motifs is 1. The number of carbonyl (C=O) groups is 1. The molecule has 7 nitrogen and oxygen atoms in total. The van der Waals surface area contributed by atoms with Gasteiger partial charge in [0.05, 0.1) is 18.3 Å². The molecule has 39 heavy (non-hydrogen) atoms. The summed E-state index contributed by atoms with van der Waals surface area (Å²) in [6, 6.07) is 24.8. The van der Waals surface area contributed by atoms with Crippen molar-refractivity contribution in [3.8, 4) is 27.6 Å². The Morgan fingerprint density at radius 3 is 2.64 bits per heavy atom. The fraction of sp³-hybridized carbons (Fsp3) is 0.167. The molecule has 9 heteroatoms. The lowest BCUT2D eigenvalue weighted by molar-refractivity contribution is -0.123. The molecule has 0 spiro atoms. The average Bonchev–Trinajstić information content (AvgIpc) is 3.58. The Kier molecular flexibility index (Phi) is 6.81. The molecular formula is C30H24ClN3O4S. The predicted molar refractivity (Wildman–Crippen MR) is 153 cm³/mol. The standard InChI is InChI=1S/C30H24ClN3O4S/c1-37-26-13-21(11-12-25(26)38-16-28(35)33-23-14-22(23)18-5-3-2-4-6-18)34-17-32-24-15-27(39-29(24)30(34)36)19-7-9-20(31)10-8-19/h2-13,15,17,22-23H,14,16H2,1H3,(H,33,35)/t22?,23-/m0/s1. The molecule has 6 rings (SSSR count). The smallest absolute Gasteiger partial charge is 0.275 e. The van der Waals surface area contributed by atoms with Crippen LogP contribution >= 0.6 is 22.9 Å². The van der Waals surface area contributed by atoms with Gasteiger partial charge in [-0.2, -0.15) is 0 Å². The highest BCUT2D eigenvalue weighted by Gasteiger charge is 2.39. The Labute approximate surface area is 233 Å². The molecule has 1 aliphatic carbocycles. The first-order chi connectivity index (χ1) is 19.0. The number of nitrogens with one attached hydrogen (secondary N) is 1. The molecule has 0 radical (unpaired) electrons. The molecule has 1 N–H and O–H groups in total. The molecule has 1 aliphatic rings. The number of methoxy groups -OCH3 is 1. The third-order valence-corrected chi connectivity index (χ3v) is 8.13. The summed E-state index contributed by atoms with van der Waals surface area (Å²) >= 11 is 7.40. The highest BCUT2D eigenvalue weighted by atomic mass is 35.5. The van der Waals surface area contributed by atoms with Gasteiger partial charge < -0.3 is 14.8 Å². The Morgan fingerprint density at radius 1 is 1.08 bits per heavy atom. The summed E-state index contributed by atoms with van der Waals surface area (Å²) in [6.07, 6.45) is 2.43. The van der Waals surface area contributed by atoms with Gasteiger partial charge in [-0.25, -0.2) is 4.98 Å². The molecule has 2 aromatic heterocycles. The molecule has 0 saturated heterocycles. The van der Waals surface area contributed by atoms with Crippen molar-refractivity contribution < 1.29 is 14.3 Å². The van der Waals surface area contributed by atoms with Crippen molar-refractivity contribution >= 4 is 39.1 Å². The van der Waals surface area contributed by atoms with Gasteiger partial charge in [-0.15, -0.1) is 11.3 Å². The van der Waals surface area contributed by atoms with Crippen LogP contribution in [-0.4, -0.2) is 35.2 Å². The van der Waals surface area contributed by atoms with Crippen molar-refractivity contribution in [3.05, 3.63) is 106 Å². The molecule has 1 unspecified atom stereocenters. The second kappa shape index (κ2) is 10.6. The summed E-state index contributed by atoms with van der Waals surface area (Å²) in [5.74, 6) is 0.979. The predicted octanol–water partition coefficient (Wildman–Crippen LogP) is 5.83. The van der Waals surface area contributed by atoms with Crippen LogP contribution in [0, 0.1) is 0 Å². The molecule has 0 bridgehead atoms. The maximum atomic E-state index is 13.4. The maximum absolute atomic E-state index is 13.4. The molecular weight excluding hydrogens is 534 g/mol. The van der Waals surface area contributed by atoms with Gasteiger partial charge >= 0.3 is 0 Å². The third kappa shape index (κ3) is 5.26.